The molecule has 0 aromatic carbocycles. The Bertz CT molecular complexity index is 370. The molecule has 0 aliphatic heterocycles. The Labute approximate surface area is 109 Å². The molecule has 1 atom stereocenters. The summed E-state index contributed by atoms with van der Waals surface area (Å²) in [7, 11) is -3.33. The van der Waals surface area contributed by atoms with Gasteiger partial charge in [-0.2, -0.15) is 8.42 Å². The van der Waals surface area contributed by atoms with E-state index in [1.807, 2.05) is 0 Å². The topological polar surface area (TPSA) is 69.7 Å². The molecular formula is C12H22O5S. The highest BCUT2D eigenvalue weighted by atomic mass is 32.2. The SMILES string of the molecule is CCC(=O)OCC(C)C1CC(COS(C)(=O)=O)C1. The van der Waals surface area contributed by atoms with Gasteiger partial charge in [-0.3, -0.25) is 8.98 Å². The van der Waals surface area contributed by atoms with E-state index in [0.717, 1.165) is 19.1 Å². The van der Waals surface area contributed by atoms with Gasteiger partial charge in [0.25, 0.3) is 10.1 Å². The van der Waals surface area contributed by atoms with E-state index >= 15 is 0 Å². The van der Waals surface area contributed by atoms with Gasteiger partial charge < -0.3 is 4.74 Å². The molecule has 0 spiro atoms. The third-order valence-corrected chi connectivity index (χ3v) is 3.95. The van der Waals surface area contributed by atoms with Crippen molar-refractivity contribution < 1.29 is 22.1 Å². The number of carbonyl (C=O) groups is 1. The van der Waals surface area contributed by atoms with Crippen molar-refractivity contribution in [3.63, 3.8) is 0 Å². The van der Waals surface area contributed by atoms with Crippen LogP contribution in [0.15, 0.2) is 0 Å². The first-order valence-electron chi connectivity index (χ1n) is 6.31. The normalized spacial score (nSPS) is 25.3. The molecule has 0 bridgehead atoms. The first kappa shape index (κ1) is 15.4. The summed E-state index contributed by atoms with van der Waals surface area (Å²) in [5, 5.41) is 0. The molecule has 1 rings (SSSR count). The molecule has 5 nitrogen and oxygen atoms in total. The molecule has 0 N–H and O–H groups in total. The van der Waals surface area contributed by atoms with Crippen LogP contribution < -0.4 is 0 Å². The minimum atomic E-state index is -3.33. The van der Waals surface area contributed by atoms with Crippen LogP contribution in [0, 0.1) is 17.8 Å². The van der Waals surface area contributed by atoms with Crippen molar-refractivity contribution in [2.24, 2.45) is 17.8 Å². The zero-order valence-corrected chi connectivity index (χ0v) is 12.0. The fraction of sp³-hybridized carbons (Fsp3) is 0.917. The molecule has 18 heavy (non-hydrogen) atoms. The van der Waals surface area contributed by atoms with Crippen molar-refractivity contribution >= 4 is 16.1 Å². The highest BCUT2D eigenvalue weighted by Crippen LogP contribution is 2.39. The molecular weight excluding hydrogens is 256 g/mol. The first-order valence-corrected chi connectivity index (χ1v) is 8.13. The summed E-state index contributed by atoms with van der Waals surface area (Å²) in [5.74, 6) is 0.977. The van der Waals surface area contributed by atoms with Gasteiger partial charge in [0, 0.05) is 6.42 Å². The Morgan fingerprint density at radius 1 is 1.39 bits per heavy atom. The second kappa shape index (κ2) is 6.52. The molecule has 0 aromatic heterocycles. The molecule has 1 aliphatic carbocycles. The van der Waals surface area contributed by atoms with Gasteiger partial charge in [-0.1, -0.05) is 13.8 Å². The van der Waals surface area contributed by atoms with Gasteiger partial charge in [0.05, 0.1) is 19.5 Å². The minimum absolute atomic E-state index is 0.168. The molecule has 1 fully saturated rings. The van der Waals surface area contributed by atoms with Crippen LogP contribution in [0.2, 0.25) is 0 Å². The van der Waals surface area contributed by atoms with Gasteiger partial charge >= 0.3 is 5.97 Å². The van der Waals surface area contributed by atoms with Crippen molar-refractivity contribution in [3.05, 3.63) is 0 Å². The van der Waals surface area contributed by atoms with Gasteiger partial charge in [0.1, 0.15) is 0 Å². The molecule has 106 valence electrons. The van der Waals surface area contributed by atoms with E-state index in [9.17, 15) is 13.2 Å². The van der Waals surface area contributed by atoms with Crippen molar-refractivity contribution in [1.29, 1.82) is 0 Å². The third kappa shape index (κ3) is 5.35. The number of hydrogen-bond donors (Lipinski definition) is 0. The smallest absolute Gasteiger partial charge is 0.305 e. The maximum Gasteiger partial charge on any atom is 0.305 e. The first-order chi connectivity index (χ1) is 8.31. The average molecular weight is 278 g/mol. The van der Waals surface area contributed by atoms with Crippen LogP contribution in [-0.2, 0) is 23.8 Å². The number of ether oxygens (including phenoxy) is 1. The fourth-order valence-corrected chi connectivity index (χ4v) is 2.51. The van der Waals surface area contributed by atoms with Crippen LogP contribution in [-0.4, -0.2) is 33.9 Å². The lowest BCUT2D eigenvalue weighted by molar-refractivity contribution is -0.145. The lowest BCUT2D eigenvalue weighted by Gasteiger charge is -2.38. The van der Waals surface area contributed by atoms with E-state index < -0.39 is 10.1 Å². The molecule has 6 heteroatoms. The Balaban J connectivity index is 2.15. The second-order valence-electron chi connectivity index (χ2n) is 5.10. The Morgan fingerprint density at radius 3 is 2.50 bits per heavy atom. The highest BCUT2D eigenvalue weighted by Gasteiger charge is 2.34. The summed E-state index contributed by atoms with van der Waals surface area (Å²) in [6.45, 7) is 4.56. The Morgan fingerprint density at radius 2 is 2.00 bits per heavy atom. The van der Waals surface area contributed by atoms with E-state index in [0.29, 0.717) is 30.8 Å². The number of rotatable bonds is 7. The molecule has 0 radical (unpaired) electrons. The van der Waals surface area contributed by atoms with E-state index in [1.54, 1.807) is 6.92 Å². The number of hydrogen-bond acceptors (Lipinski definition) is 5. The van der Waals surface area contributed by atoms with Crippen LogP contribution in [0.3, 0.4) is 0 Å². The summed E-state index contributed by atoms with van der Waals surface area (Å²) in [6, 6.07) is 0. The van der Waals surface area contributed by atoms with Crippen LogP contribution in [0.1, 0.15) is 33.1 Å². The van der Waals surface area contributed by atoms with E-state index in [-0.39, 0.29) is 12.6 Å². The van der Waals surface area contributed by atoms with Crippen molar-refractivity contribution in [3.8, 4) is 0 Å². The van der Waals surface area contributed by atoms with Crippen LogP contribution in [0.4, 0.5) is 0 Å². The molecule has 1 saturated carbocycles. The van der Waals surface area contributed by atoms with Crippen molar-refractivity contribution in [1.82, 2.24) is 0 Å². The zero-order valence-electron chi connectivity index (χ0n) is 11.2. The predicted octanol–water partition coefficient (Wildman–Crippen LogP) is 1.58. The molecule has 0 saturated heterocycles. The lowest BCUT2D eigenvalue weighted by Crippen LogP contribution is -2.34. The Hall–Kier alpha value is -0.620. The van der Waals surface area contributed by atoms with Crippen LogP contribution in [0.25, 0.3) is 0 Å². The van der Waals surface area contributed by atoms with Gasteiger partial charge in [-0.25, -0.2) is 0 Å². The van der Waals surface area contributed by atoms with E-state index in [1.165, 1.54) is 0 Å². The second-order valence-corrected chi connectivity index (χ2v) is 6.74. The maximum atomic E-state index is 11.0. The van der Waals surface area contributed by atoms with E-state index in [4.69, 9.17) is 8.92 Å². The zero-order chi connectivity index (χ0) is 13.8. The minimum Gasteiger partial charge on any atom is -0.465 e. The van der Waals surface area contributed by atoms with Crippen LogP contribution in [0.5, 0.6) is 0 Å². The lowest BCUT2D eigenvalue weighted by atomic mass is 9.69. The molecule has 0 aromatic rings. The summed E-state index contributed by atoms with van der Waals surface area (Å²) < 4.78 is 31.5. The third-order valence-electron chi connectivity index (χ3n) is 3.39. The van der Waals surface area contributed by atoms with Crippen LogP contribution >= 0.6 is 0 Å². The molecule has 1 unspecified atom stereocenters. The van der Waals surface area contributed by atoms with Crippen molar-refractivity contribution in [2.75, 3.05) is 19.5 Å². The summed E-state index contributed by atoms with van der Waals surface area (Å²) in [4.78, 5) is 11.0. The average Bonchev–Trinajstić information content (AvgIpc) is 2.21. The molecule has 0 heterocycles. The maximum absolute atomic E-state index is 11.0. The van der Waals surface area contributed by atoms with Gasteiger partial charge in [0.2, 0.25) is 0 Å². The number of esters is 1. The standard InChI is InChI=1S/C12H22O5S/c1-4-12(13)16-7-9(2)11-5-10(6-11)8-17-18(3,14)15/h9-11H,4-8H2,1-3H3. The van der Waals surface area contributed by atoms with Crippen molar-refractivity contribution in [2.45, 2.75) is 33.1 Å². The highest BCUT2D eigenvalue weighted by molar-refractivity contribution is 7.85. The predicted molar refractivity (Wildman–Crippen MR) is 67.4 cm³/mol. The monoisotopic (exact) mass is 278 g/mol. The van der Waals surface area contributed by atoms with Gasteiger partial charge in [-0.15, -0.1) is 0 Å². The largest absolute Gasteiger partial charge is 0.465 e. The summed E-state index contributed by atoms with van der Waals surface area (Å²) in [6.07, 6.45) is 3.36. The number of carbonyl (C=O) groups excluding carboxylic acids is 1. The molecule has 0 amide bonds. The van der Waals surface area contributed by atoms with Gasteiger partial charge in [-0.05, 0) is 30.6 Å². The molecule has 1 aliphatic rings. The van der Waals surface area contributed by atoms with Gasteiger partial charge in [0.15, 0.2) is 0 Å². The summed E-state index contributed by atoms with van der Waals surface area (Å²) in [5.41, 5.74) is 0. The quantitative estimate of drug-likeness (QED) is 0.522. The fourth-order valence-electron chi connectivity index (χ4n) is 2.07. The summed E-state index contributed by atoms with van der Waals surface area (Å²) >= 11 is 0. The van der Waals surface area contributed by atoms with E-state index in [2.05, 4.69) is 6.92 Å². The Kier molecular flexibility index (Phi) is 5.59.